The minimum Gasteiger partial charge on any atom is -0.450 e. The Kier molecular flexibility index (Phi) is 10.5. The summed E-state index contributed by atoms with van der Waals surface area (Å²) in [5.41, 5.74) is 8.42. The molecule has 0 bridgehead atoms. The van der Waals surface area contributed by atoms with Crippen molar-refractivity contribution < 1.29 is 28.9 Å². The molecule has 2 unspecified atom stereocenters. The molecule has 39 heavy (non-hydrogen) atoms. The number of hydrogen-bond acceptors (Lipinski definition) is 9. The first kappa shape index (κ1) is 28.3. The van der Waals surface area contributed by atoms with Gasteiger partial charge in [0.05, 0.1) is 38.7 Å². The number of nitrogens with one attached hydrogen (secondary N) is 1. The molecule has 0 aromatic heterocycles. The molecule has 10 nitrogen and oxygen atoms in total. The van der Waals surface area contributed by atoms with Gasteiger partial charge in [0, 0.05) is 30.4 Å². The summed E-state index contributed by atoms with van der Waals surface area (Å²) in [6.07, 6.45) is 16.6. The minimum absolute atomic E-state index is 0.0674. The van der Waals surface area contributed by atoms with E-state index in [-0.39, 0.29) is 5.92 Å². The van der Waals surface area contributed by atoms with Crippen molar-refractivity contribution >= 4 is 17.5 Å². The topological polar surface area (TPSA) is 114 Å². The first-order valence-corrected chi connectivity index (χ1v) is 13.2. The Morgan fingerprint density at radius 2 is 2.18 bits per heavy atom. The van der Waals surface area contributed by atoms with Crippen molar-refractivity contribution in [3.63, 3.8) is 0 Å². The van der Waals surface area contributed by atoms with E-state index in [4.69, 9.17) is 24.1 Å². The molecule has 0 saturated carbocycles. The molecule has 4 rings (SSSR count). The smallest absolute Gasteiger partial charge is 0.411 e. The van der Waals surface area contributed by atoms with Gasteiger partial charge in [-0.2, -0.15) is 5.10 Å². The number of methoxy groups -OCH3 is 1. The van der Waals surface area contributed by atoms with Gasteiger partial charge in [-0.3, -0.25) is 10.3 Å². The van der Waals surface area contributed by atoms with E-state index in [1.54, 1.807) is 25.1 Å². The molecule has 208 valence electrons. The van der Waals surface area contributed by atoms with E-state index in [2.05, 4.69) is 28.4 Å². The molecule has 4 aliphatic rings. The van der Waals surface area contributed by atoms with Gasteiger partial charge in [-0.25, -0.2) is 4.79 Å². The number of amides is 1. The molecule has 0 aromatic rings. The highest BCUT2D eigenvalue weighted by Gasteiger charge is 2.23. The second kappa shape index (κ2) is 14.5. The van der Waals surface area contributed by atoms with Crippen LogP contribution in [0.25, 0.3) is 0 Å². The van der Waals surface area contributed by atoms with Crippen molar-refractivity contribution in [3.8, 4) is 0 Å². The predicted molar refractivity (Wildman–Crippen MR) is 148 cm³/mol. The van der Waals surface area contributed by atoms with E-state index in [0.717, 1.165) is 41.7 Å². The molecular weight excluding hydrogens is 500 g/mol. The van der Waals surface area contributed by atoms with Crippen molar-refractivity contribution in [2.24, 2.45) is 16.2 Å². The molecule has 0 spiro atoms. The predicted octanol–water partition coefficient (Wildman–Crippen LogP) is 3.52. The molecule has 2 heterocycles. The number of hydrogen-bond donors (Lipinski definition) is 2. The van der Waals surface area contributed by atoms with Crippen LogP contribution in [0.1, 0.15) is 26.2 Å². The van der Waals surface area contributed by atoms with Crippen LogP contribution in [-0.4, -0.2) is 80.5 Å². The van der Waals surface area contributed by atoms with Crippen LogP contribution in [0, 0.1) is 5.92 Å². The molecule has 0 fully saturated rings. The van der Waals surface area contributed by atoms with E-state index in [1.807, 2.05) is 30.4 Å². The maximum Gasteiger partial charge on any atom is 0.411 e. The third kappa shape index (κ3) is 8.40. The highest BCUT2D eigenvalue weighted by Crippen LogP contribution is 2.25. The van der Waals surface area contributed by atoms with E-state index in [9.17, 15) is 9.90 Å². The van der Waals surface area contributed by atoms with Gasteiger partial charge in [-0.05, 0) is 55.6 Å². The van der Waals surface area contributed by atoms with E-state index in [0.29, 0.717) is 51.0 Å². The highest BCUT2D eigenvalue weighted by atomic mass is 16.6. The molecule has 2 aliphatic carbocycles. The first-order valence-electron chi connectivity index (χ1n) is 13.2. The Morgan fingerprint density at radius 1 is 1.28 bits per heavy atom. The number of carbonyl (C=O) groups excluding carboxylic acids is 1. The lowest BCUT2D eigenvalue weighted by molar-refractivity contribution is 0.0481. The quantitative estimate of drug-likeness (QED) is 0.307. The van der Waals surface area contributed by atoms with E-state index in [1.165, 1.54) is 0 Å². The zero-order valence-electron chi connectivity index (χ0n) is 22.5. The molecule has 1 amide bonds. The third-order valence-electron chi connectivity index (χ3n) is 6.36. The van der Waals surface area contributed by atoms with E-state index >= 15 is 0 Å². The molecule has 2 aliphatic heterocycles. The van der Waals surface area contributed by atoms with Crippen LogP contribution >= 0.6 is 0 Å². The number of carbonyl (C=O) groups is 1. The Morgan fingerprint density at radius 3 is 2.97 bits per heavy atom. The van der Waals surface area contributed by atoms with Crippen LogP contribution in [0.2, 0.25) is 0 Å². The molecule has 0 aromatic carbocycles. The largest absolute Gasteiger partial charge is 0.450 e. The lowest BCUT2D eigenvalue weighted by Crippen LogP contribution is -2.36. The summed E-state index contributed by atoms with van der Waals surface area (Å²) < 4.78 is 15.5. The molecule has 0 radical (unpaired) electrons. The Hall–Kier alpha value is -3.69. The van der Waals surface area contributed by atoms with E-state index < -0.39 is 12.3 Å². The van der Waals surface area contributed by atoms with Gasteiger partial charge < -0.3 is 24.2 Å². The zero-order chi connectivity index (χ0) is 27.5. The fourth-order valence-corrected chi connectivity index (χ4v) is 4.33. The average molecular weight is 537 g/mol. The number of allylic oxidation sites excluding steroid dienone is 7. The second-order valence-corrected chi connectivity index (χ2v) is 9.29. The number of nitrogens with zero attached hydrogens (tertiary/aromatic N) is 3. The molecule has 10 heteroatoms. The van der Waals surface area contributed by atoms with Gasteiger partial charge in [0.2, 0.25) is 0 Å². The average Bonchev–Trinajstić information content (AvgIpc) is 3.19. The van der Waals surface area contributed by atoms with Gasteiger partial charge in [-0.1, -0.05) is 29.5 Å². The van der Waals surface area contributed by atoms with Gasteiger partial charge in [0.25, 0.3) is 0 Å². The summed E-state index contributed by atoms with van der Waals surface area (Å²) in [6, 6.07) is 0. The van der Waals surface area contributed by atoms with Gasteiger partial charge >= 0.3 is 6.09 Å². The van der Waals surface area contributed by atoms with Crippen LogP contribution in [0.5, 0.6) is 0 Å². The zero-order valence-corrected chi connectivity index (χ0v) is 22.5. The van der Waals surface area contributed by atoms with Crippen LogP contribution < -0.4 is 5.32 Å². The Labute approximate surface area is 229 Å². The van der Waals surface area contributed by atoms with Crippen LogP contribution in [-0.2, 0) is 19.0 Å². The fourth-order valence-electron chi connectivity index (χ4n) is 4.33. The summed E-state index contributed by atoms with van der Waals surface area (Å²) >= 11 is 0. The normalized spacial score (nSPS) is 22.5. The third-order valence-corrected chi connectivity index (χ3v) is 6.36. The van der Waals surface area contributed by atoms with Crippen molar-refractivity contribution in [3.05, 3.63) is 76.8 Å². The number of ether oxygens (including phenoxy) is 3. The minimum atomic E-state index is -0.817. The Balaban J connectivity index is 1.35. The fraction of sp³-hybridized carbons (Fsp3) is 0.448. The standard InChI is InChI=1S/C29H36N4O6/c1-3-38-29(35)30-25-6-4-5-21(17-25)18-33-28(34)14-13-26(31-33)23-8-10-24(11-9-23)27-12-7-22(20-39-32-27)19-37-16-15-36-2/h6,8,10-14,17,23,28,34H,3-5,9,15-16,18-20H2,1-2H3,(H,30,35). The first-order chi connectivity index (χ1) is 19.1. The SMILES string of the molecule is CCOC(=O)NC1=CCCC(CN2N=C(C3C=CC(C4=NOCC(COCCOC)=C=C4)=CC3)C=CC2O)=C1. The van der Waals surface area contributed by atoms with Crippen molar-refractivity contribution in [2.45, 2.75) is 32.4 Å². The van der Waals surface area contributed by atoms with Gasteiger partial charge in [0.15, 0.2) is 6.23 Å². The van der Waals surface area contributed by atoms with Gasteiger partial charge in [0.1, 0.15) is 12.3 Å². The van der Waals surface area contributed by atoms with Gasteiger partial charge in [-0.15, -0.1) is 5.73 Å². The molecule has 2 atom stereocenters. The van der Waals surface area contributed by atoms with Crippen molar-refractivity contribution in [2.75, 3.05) is 46.7 Å². The molecular formula is C29H36N4O6. The number of oxime groups is 1. The van der Waals surface area contributed by atoms with Crippen LogP contribution in [0.3, 0.4) is 0 Å². The number of aliphatic hydroxyl groups is 1. The number of hydrazone groups is 1. The maximum absolute atomic E-state index is 11.8. The maximum atomic E-state index is 11.8. The molecule has 2 N–H and O–H groups in total. The van der Waals surface area contributed by atoms with Crippen LogP contribution in [0.15, 0.2) is 87.0 Å². The van der Waals surface area contributed by atoms with Crippen LogP contribution in [0.4, 0.5) is 4.79 Å². The summed E-state index contributed by atoms with van der Waals surface area (Å²) in [5.74, 6) is 0.0674. The number of rotatable bonds is 11. The monoisotopic (exact) mass is 536 g/mol. The summed E-state index contributed by atoms with van der Waals surface area (Å²) in [7, 11) is 1.64. The number of alkyl carbamates (subject to hydrolysis) is 1. The van der Waals surface area contributed by atoms with Crippen molar-refractivity contribution in [1.29, 1.82) is 0 Å². The lowest BCUT2D eigenvalue weighted by atomic mass is 9.90. The summed E-state index contributed by atoms with van der Waals surface area (Å²) in [6.45, 7) is 4.34. The number of aliphatic hydroxyl groups excluding tert-OH is 1. The second-order valence-electron chi connectivity index (χ2n) is 9.29. The highest BCUT2D eigenvalue weighted by molar-refractivity contribution is 6.10. The Bertz CT molecular complexity index is 1190. The molecule has 0 saturated heterocycles. The van der Waals surface area contributed by atoms with Crippen molar-refractivity contribution in [1.82, 2.24) is 10.3 Å². The summed E-state index contributed by atoms with van der Waals surface area (Å²) in [4.78, 5) is 17.2. The summed E-state index contributed by atoms with van der Waals surface area (Å²) in [5, 5.41) is 24.0. The lowest BCUT2D eigenvalue weighted by Gasteiger charge is -2.30.